The fourth-order valence-corrected chi connectivity index (χ4v) is 4.16. The lowest BCUT2D eigenvalue weighted by Crippen LogP contribution is -2.41. The van der Waals surface area contributed by atoms with Gasteiger partial charge in [-0.1, -0.05) is 18.2 Å². The first kappa shape index (κ1) is 15.0. The summed E-state index contributed by atoms with van der Waals surface area (Å²) in [5.74, 6) is 0. The number of hydrogen-bond acceptors (Lipinski definition) is 4. The van der Waals surface area contributed by atoms with E-state index in [0.717, 1.165) is 0 Å². The molecule has 0 spiro atoms. The van der Waals surface area contributed by atoms with E-state index in [4.69, 9.17) is 5.73 Å². The van der Waals surface area contributed by atoms with Crippen molar-refractivity contribution in [3.8, 4) is 0 Å². The van der Waals surface area contributed by atoms with Gasteiger partial charge >= 0.3 is 0 Å². The van der Waals surface area contributed by atoms with Crippen LogP contribution < -0.4 is 5.73 Å². The number of aliphatic hydroxyl groups excluding tert-OH is 1. The van der Waals surface area contributed by atoms with Crippen molar-refractivity contribution in [2.24, 2.45) is 0 Å². The molecule has 1 aliphatic rings. The second-order valence-electron chi connectivity index (χ2n) is 5.00. The van der Waals surface area contributed by atoms with Gasteiger partial charge in [0.25, 0.3) is 0 Å². The van der Waals surface area contributed by atoms with Gasteiger partial charge in [-0.05, 0) is 30.5 Å². The van der Waals surface area contributed by atoms with Crippen LogP contribution in [0.15, 0.2) is 36.9 Å². The van der Waals surface area contributed by atoms with Crippen molar-refractivity contribution in [1.82, 2.24) is 4.31 Å². The number of benzene rings is 1. The second-order valence-corrected chi connectivity index (χ2v) is 7.05. The van der Waals surface area contributed by atoms with Crippen molar-refractivity contribution in [2.45, 2.75) is 24.2 Å². The van der Waals surface area contributed by atoms with Gasteiger partial charge in [0.2, 0.25) is 10.0 Å². The Bertz CT molecular complexity index is 561. The van der Waals surface area contributed by atoms with Gasteiger partial charge in [-0.3, -0.25) is 0 Å². The molecule has 0 radical (unpaired) electrons. The average Bonchev–Trinajstić information content (AvgIpc) is 2.42. The maximum atomic E-state index is 12.7. The third kappa shape index (κ3) is 3.03. The van der Waals surface area contributed by atoms with E-state index in [9.17, 15) is 13.5 Å². The molecule has 0 aromatic heterocycles. The fraction of sp³-hybridized carbons (Fsp3) is 0.429. The Labute approximate surface area is 119 Å². The Hall–Kier alpha value is -1.37. The van der Waals surface area contributed by atoms with Crippen LogP contribution in [0.1, 0.15) is 23.7 Å². The molecule has 2 rings (SSSR count). The van der Waals surface area contributed by atoms with Crippen LogP contribution >= 0.6 is 0 Å². The third-order valence-electron chi connectivity index (χ3n) is 3.58. The zero-order valence-corrected chi connectivity index (χ0v) is 12.1. The molecule has 0 saturated carbocycles. The highest BCUT2D eigenvalue weighted by Gasteiger charge is 2.33. The first-order valence-electron chi connectivity index (χ1n) is 6.60. The van der Waals surface area contributed by atoms with Gasteiger partial charge in [0.15, 0.2) is 0 Å². The fourth-order valence-electron chi connectivity index (χ4n) is 2.37. The van der Waals surface area contributed by atoms with Crippen molar-refractivity contribution >= 4 is 15.7 Å². The number of rotatable bonds is 4. The van der Waals surface area contributed by atoms with Crippen LogP contribution in [-0.4, -0.2) is 37.0 Å². The largest absolute Gasteiger partial charge is 0.399 e. The van der Waals surface area contributed by atoms with E-state index in [2.05, 4.69) is 6.58 Å². The zero-order valence-electron chi connectivity index (χ0n) is 11.3. The first-order valence-corrected chi connectivity index (χ1v) is 8.10. The summed E-state index contributed by atoms with van der Waals surface area (Å²) in [4.78, 5) is 0. The van der Waals surface area contributed by atoms with E-state index < -0.39 is 21.4 Å². The van der Waals surface area contributed by atoms with Crippen LogP contribution in [-0.2, 0) is 10.0 Å². The predicted octanol–water partition coefficient (Wildman–Crippen LogP) is 1.28. The Balaban J connectivity index is 2.25. The van der Waals surface area contributed by atoms with Gasteiger partial charge in [0.05, 0.1) is 6.10 Å². The minimum atomic E-state index is -3.50. The van der Waals surface area contributed by atoms with Crippen LogP contribution in [0.25, 0.3) is 0 Å². The third-order valence-corrected chi connectivity index (χ3v) is 5.77. The van der Waals surface area contributed by atoms with Gasteiger partial charge in [-0.2, -0.15) is 0 Å². The smallest absolute Gasteiger partial charge is 0.224 e. The van der Waals surface area contributed by atoms with Crippen molar-refractivity contribution in [3.05, 3.63) is 42.5 Å². The molecule has 1 aromatic rings. The Morgan fingerprint density at radius 2 is 1.85 bits per heavy atom. The minimum absolute atomic E-state index is 0.350. The molecule has 3 N–H and O–H groups in total. The SMILES string of the molecule is C=CC(c1ccc(N)cc1)S(=O)(=O)N1CCC(O)CC1. The van der Waals surface area contributed by atoms with Crippen molar-refractivity contribution in [1.29, 1.82) is 0 Å². The molecule has 20 heavy (non-hydrogen) atoms. The quantitative estimate of drug-likeness (QED) is 0.647. The Kier molecular flexibility index (Phi) is 4.47. The van der Waals surface area contributed by atoms with E-state index in [1.807, 2.05) is 0 Å². The standard InChI is InChI=1S/C14H20N2O3S/c1-2-14(11-3-5-12(15)6-4-11)20(18,19)16-9-7-13(17)8-10-16/h2-6,13-14,17H,1,7-10,15H2. The second kappa shape index (κ2) is 5.95. The van der Waals surface area contributed by atoms with Crippen LogP contribution in [0.2, 0.25) is 0 Å². The molecule has 1 aromatic carbocycles. The van der Waals surface area contributed by atoms with E-state index in [1.54, 1.807) is 24.3 Å². The molecular weight excluding hydrogens is 276 g/mol. The molecule has 110 valence electrons. The van der Waals surface area contributed by atoms with Crippen LogP contribution in [0.5, 0.6) is 0 Å². The normalized spacial score (nSPS) is 19.6. The highest BCUT2D eigenvalue weighted by atomic mass is 32.2. The first-order chi connectivity index (χ1) is 9.45. The molecule has 1 aliphatic heterocycles. The maximum absolute atomic E-state index is 12.7. The number of aliphatic hydroxyl groups is 1. The monoisotopic (exact) mass is 296 g/mol. The zero-order chi connectivity index (χ0) is 14.8. The highest BCUT2D eigenvalue weighted by Crippen LogP contribution is 2.29. The summed E-state index contributed by atoms with van der Waals surface area (Å²) in [6.07, 6.45) is 1.99. The number of sulfonamides is 1. The van der Waals surface area contributed by atoms with Crippen molar-refractivity contribution in [3.63, 3.8) is 0 Å². The number of hydrogen-bond donors (Lipinski definition) is 2. The Morgan fingerprint density at radius 3 is 2.35 bits per heavy atom. The number of anilines is 1. The summed E-state index contributed by atoms with van der Waals surface area (Å²) in [6, 6.07) is 6.78. The molecular formula is C14H20N2O3S. The van der Waals surface area contributed by atoms with E-state index in [1.165, 1.54) is 10.4 Å². The molecule has 5 nitrogen and oxygen atoms in total. The van der Waals surface area contributed by atoms with Gasteiger partial charge in [0, 0.05) is 18.8 Å². The number of nitrogen functional groups attached to an aromatic ring is 1. The Morgan fingerprint density at radius 1 is 1.30 bits per heavy atom. The molecule has 0 bridgehead atoms. The topological polar surface area (TPSA) is 83.6 Å². The average molecular weight is 296 g/mol. The van der Waals surface area contributed by atoms with Crippen LogP contribution in [0, 0.1) is 0 Å². The summed E-state index contributed by atoms with van der Waals surface area (Å²) in [7, 11) is -3.50. The van der Waals surface area contributed by atoms with E-state index in [0.29, 0.717) is 37.2 Å². The molecule has 1 heterocycles. The van der Waals surface area contributed by atoms with Gasteiger partial charge < -0.3 is 10.8 Å². The van der Waals surface area contributed by atoms with E-state index in [-0.39, 0.29) is 0 Å². The summed E-state index contributed by atoms with van der Waals surface area (Å²) in [6.45, 7) is 4.35. The van der Waals surface area contributed by atoms with Gasteiger partial charge in [0.1, 0.15) is 5.25 Å². The predicted molar refractivity (Wildman–Crippen MR) is 79.5 cm³/mol. The van der Waals surface area contributed by atoms with Gasteiger partial charge in [-0.25, -0.2) is 12.7 Å². The van der Waals surface area contributed by atoms with Crippen LogP contribution in [0.3, 0.4) is 0 Å². The molecule has 1 atom stereocenters. The van der Waals surface area contributed by atoms with E-state index >= 15 is 0 Å². The summed E-state index contributed by atoms with van der Waals surface area (Å²) < 4.78 is 26.7. The summed E-state index contributed by atoms with van der Waals surface area (Å²) in [5.41, 5.74) is 6.87. The number of nitrogens with two attached hydrogens (primary N) is 1. The lowest BCUT2D eigenvalue weighted by Gasteiger charge is -2.31. The minimum Gasteiger partial charge on any atom is -0.399 e. The molecule has 6 heteroatoms. The highest BCUT2D eigenvalue weighted by molar-refractivity contribution is 7.89. The molecule has 1 saturated heterocycles. The molecule has 1 fully saturated rings. The summed E-state index contributed by atoms with van der Waals surface area (Å²) in [5, 5.41) is 8.70. The lowest BCUT2D eigenvalue weighted by atomic mass is 10.1. The molecule has 0 aliphatic carbocycles. The number of nitrogens with zero attached hydrogens (tertiary/aromatic N) is 1. The molecule has 1 unspecified atom stereocenters. The number of piperidine rings is 1. The van der Waals surface area contributed by atoms with Crippen molar-refractivity contribution in [2.75, 3.05) is 18.8 Å². The molecule has 0 amide bonds. The van der Waals surface area contributed by atoms with Crippen LogP contribution in [0.4, 0.5) is 5.69 Å². The maximum Gasteiger partial charge on any atom is 0.224 e. The van der Waals surface area contributed by atoms with Crippen molar-refractivity contribution < 1.29 is 13.5 Å². The van der Waals surface area contributed by atoms with Gasteiger partial charge in [-0.15, -0.1) is 6.58 Å². The summed E-state index contributed by atoms with van der Waals surface area (Å²) >= 11 is 0. The lowest BCUT2D eigenvalue weighted by molar-refractivity contribution is 0.113.